The van der Waals surface area contributed by atoms with Gasteiger partial charge in [-0.25, -0.2) is 0 Å². The number of aliphatic hydroxyl groups excluding tert-OH is 1. The van der Waals surface area contributed by atoms with Crippen LogP contribution in [0.3, 0.4) is 0 Å². The Bertz CT molecular complexity index is 901. The summed E-state index contributed by atoms with van der Waals surface area (Å²) in [6, 6.07) is 13.0. The van der Waals surface area contributed by atoms with Gasteiger partial charge >= 0.3 is 0 Å². The smallest absolute Gasteiger partial charge is 0.246 e. The average molecular weight is 457 g/mol. The molecule has 1 amide bonds. The minimum Gasteiger partial charge on any atom is -0.493 e. The molecule has 1 atom stereocenters. The first kappa shape index (κ1) is 24.4. The van der Waals surface area contributed by atoms with Crippen LogP contribution in [0.15, 0.2) is 48.5 Å². The van der Waals surface area contributed by atoms with Gasteiger partial charge in [0, 0.05) is 38.8 Å². The lowest BCUT2D eigenvalue weighted by molar-refractivity contribution is -0.127. The Morgan fingerprint density at radius 1 is 1.00 bits per heavy atom. The summed E-state index contributed by atoms with van der Waals surface area (Å²) in [6.45, 7) is 3.35. The van der Waals surface area contributed by atoms with E-state index in [1.165, 1.54) is 0 Å². The monoisotopic (exact) mass is 456 g/mol. The molecule has 8 nitrogen and oxygen atoms in total. The highest BCUT2D eigenvalue weighted by Gasteiger charge is 2.22. The molecule has 3 rings (SSSR count). The van der Waals surface area contributed by atoms with Crippen LogP contribution in [0, 0.1) is 0 Å². The number of piperazine rings is 1. The van der Waals surface area contributed by atoms with Crippen LogP contribution < -0.4 is 18.9 Å². The first-order valence-electron chi connectivity index (χ1n) is 10.9. The van der Waals surface area contributed by atoms with Crippen molar-refractivity contribution in [2.45, 2.75) is 6.10 Å². The molecule has 0 spiro atoms. The van der Waals surface area contributed by atoms with Crippen molar-refractivity contribution in [2.24, 2.45) is 0 Å². The third-order valence-electron chi connectivity index (χ3n) is 5.44. The summed E-state index contributed by atoms with van der Waals surface area (Å²) in [5.74, 6) is 2.26. The Morgan fingerprint density at radius 3 is 2.21 bits per heavy atom. The Balaban J connectivity index is 1.47. The van der Waals surface area contributed by atoms with Gasteiger partial charge in [0.15, 0.2) is 11.5 Å². The third-order valence-corrected chi connectivity index (χ3v) is 5.44. The van der Waals surface area contributed by atoms with Crippen LogP contribution in [0.1, 0.15) is 5.56 Å². The molecule has 178 valence electrons. The standard InChI is InChI=1S/C25H32N2O6/c1-30-22-15-19(16-23(31-2)25(22)32-3)9-10-24(29)27-13-11-26(12-14-27)17-20(28)18-33-21-7-5-4-6-8-21/h4-10,15-16,20,28H,11-14,17-18H2,1-3H3. The van der Waals surface area contributed by atoms with E-state index in [-0.39, 0.29) is 12.5 Å². The number of para-hydroxylation sites is 1. The van der Waals surface area contributed by atoms with E-state index in [1.54, 1.807) is 50.5 Å². The molecule has 0 aromatic heterocycles. The number of amides is 1. The van der Waals surface area contributed by atoms with Crippen LogP contribution in [0.4, 0.5) is 0 Å². The van der Waals surface area contributed by atoms with Gasteiger partial charge in [-0.05, 0) is 35.9 Å². The summed E-state index contributed by atoms with van der Waals surface area (Å²) in [5, 5.41) is 10.3. The second kappa shape index (κ2) is 12.1. The van der Waals surface area contributed by atoms with Crippen molar-refractivity contribution in [3.05, 3.63) is 54.1 Å². The van der Waals surface area contributed by atoms with Crippen LogP contribution in [0.2, 0.25) is 0 Å². The number of ether oxygens (including phenoxy) is 4. The molecular weight excluding hydrogens is 424 g/mol. The average Bonchev–Trinajstić information content (AvgIpc) is 2.86. The molecule has 1 fully saturated rings. The quantitative estimate of drug-likeness (QED) is 0.550. The van der Waals surface area contributed by atoms with Crippen LogP contribution in [0.25, 0.3) is 6.08 Å². The number of rotatable bonds is 10. The van der Waals surface area contributed by atoms with Crippen molar-refractivity contribution in [2.75, 3.05) is 60.7 Å². The third kappa shape index (κ3) is 6.87. The van der Waals surface area contributed by atoms with Gasteiger partial charge in [-0.15, -0.1) is 0 Å². The minimum absolute atomic E-state index is 0.0589. The van der Waals surface area contributed by atoms with E-state index in [0.29, 0.717) is 50.0 Å². The summed E-state index contributed by atoms with van der Waals surface area (Å²) in [4.78, 5) is 16.6. The maximum absolute atomic E-state index is 12.7. The number of β-amino-alcohol motifs (C(OH)–C–C–N with tert-alkyl or cyclic N) is 1. The fraction of sp³-hybridized carbons (Fsp3) is 0.400. The molecule has 1 saturated heterocycles. The van der Waals surface area contributed by atoms with Crippen LogP contribution >= 0.6 is 0 Å². The zero-order valence-corrected chi connectivity index (χ0v) is 19.4. The molecule has 0 aliphatic carbocycles. The number of benzene rings is 2. The van der Waals surface area contributed by atoms with Gasteiger partial charge in [-0.2, -0.15) is 0 Å². The molecule has 0 saturated carbocycles. The van der Waals surface area contributed by atoms with Crippen LogP contribution in [0.5, 0.6) is 23.0 Å². The van der Waals surface area contributed by atoms with E-state index < -0.39 is 6.10 Å². The van der Waals surface area contributed by atoms with Crippen molar-refractivity contribution in [3.8, 4) is 23.0 Å². The first-order chi connectivity index (χ1) is 16.0. The van der Waals surface area contributed by atoms with Crippen molar-refractivity contribution in [1.29, 1.82) is 0 Å². The second-order valence-electron chi connectivity index (χ2n) is 7.70. The van der Waals surface area contributed by atoms with Gasteiger partial charge in [0.05, 0.1) is 21.3 Å². The molecule has 1 heterocycles. The number of nitrogens with zero attached hydrogens (tertiary/aromatic N) is 2. The molecule has 0 bridgehead atoms. The predicted molar refractivity (Wildman–Crippen MR) is 126 cm³/mol. The highest BCUT2D eigenvalue weighted by atomic mass is 16.5. The molecule has 1 N–H and O–H groups in total. The maximum atomic E-state index is 12.7. The zero-order valence-electron chi connectivity index (χ0n) is 19.4. The summed E-state index contributed by atoms with van der Waals surface area (Å²) in [7, 11) is 4.66. The van der Waals surface area contributed by atoms with Crippen LogP contribution in [-0.2, 0) is 4.79 Å². The summed E-state index contributed by atoms with van der Waals surface area (Å²) in [5.41, 5.74) is 0.776. The fourth-order valence-corrected chi connectivity index (χ4v) is 3.68. The van der Waals surface area contributed by atoms with Crippen molar-refractivity contribution < 1.29 is 28.8 Å². The number of hydrogen-bond acceptors (Lipinski definition) is 7. The van der Waals surface area contributed by atoms with Gasteiger partial charge < -0.3 is 29.0 Å². The van der Waals surface area contributed by atoms with Crippen molar-refractivity contribution in [1.82, 2.24) is 9.80 Å². The number of hydrogen-bond donors (Lipinski definition) is 1. The van der Waals surface area contributed by atoms with E-state index in [4.69, 9.17) is 18.9 Å². The van der Waals surface area contributed by atoms with Gasteiger partial charge in [0.1, 0.15) is 18.5 Å². The normalized spacial score (nSPS) is 15.3. The molecule has 33 heavy (non-hydrogen) atoms. The summed E-state index contributed by atoms with van der Waals surface area (Å²) >= 11 is 0. The lowest BCUT2D eigenvalue weighted by Gasteiger charge is -2.35. The number of carbonyl (C=O) groups is 1. The second-order valence-corrected chi connectivity index (χ2v) is 7.70. The van der Waals surface area contributed by atoms with E-state index in [0.717, 1.165) is 11.3 Å². The van der Waals surface area contributed by atoms with Gasteiger partial charge in [0.25, 0.3) is 0 Å². The number of aliphatic hydroxyl groups is 1. The van der Waals surface area contributed by atoms with Gasteiger partial charge in [0.2, 0.25) is 11.7 Å². The van der Waals surface area contributed by atoms with E-state index in [9.17, 15) is 9.90 Å². The SMILES string of the molecule is COc1cc(C=CC(=O)N2CCN(CC(O)COc3ccccc3)CC2)cc(OC)c1OC. The maximum Gasteiger partial charge on any atom is 0.246 e. The molecular formula is C25H32N2O6. The molecule has 1 aliphatic rings. The predicted octanol–water partition coefficient (Wildman–Crippen LogP) is 2.31. The topological polar surface area (TPSA) is 80.7 Å². The Kier molecular flexibility index (Phi) is 8.97. The zero-order chi connectivity index (χ0) is 23.6. The summed E-state index contributed by atoms with van der Waals surface area (Å²) in [6.07, 6.45) is 2.70. The van der Waals surface area contributed by atoms with Gasteiger partial charge in [-0.1, -0.05) is 18.2 Å². The number of carbonyl (C=O) groups excluding carboxylic acids is 1. The van der Waals surface area contributed by atoms with Gasteiger partial charge in [-0.3, -0.25) is 9.69 Å². The largest absolute Gasteiger partial charge is 0.493 e. The van der Waals surface area contributed by atoms with E-state index in [1.807, 2.05) is 30.3 Å². The Hall–Kier alpha value is -3.23. The molecule has 1 unspecified atom stereocenters. The van der Waals surface area contributed by atoms with Crippen molar-refractivity contribution in [3.63, 3.8) is 0 Å². The molecule has 1 aliphatic heterocycles. The van der Waals surface area contributed by atoms with E-state index in [2.05, 4.69) is 4.90 Å². The first-order valence-corrected chi connectivity index (χ1v) is 10.9. The Labute approximate surface area is 194 Å². The minimum atomic E-state index is -0.590. The van der Waals surface area contributed by atoms with E-state index >= 15 is 0 Å². The lowest BCUT2D eigenvalue weighted by atomic mass is 10.1. The Morgan fingerprint density at radius 2 is 1.64 bits per heavy atom. The van der Waals surface area contributed by atoms with Crippen LogP contribution in [-0.4, -0.2) is 87.6 Å². The lowest BCUT2D eigenvalue weighted by Crippen LogP contribution is -2.50. The molecule has 2 aromatic rings. The molecule has 0 radical (unpaired) electrons. The van der Waals surface area contributed by atoms with Crippen molar-refractivity contribution >= 4 is 12.0 Å². The molecule has 8 heteroatoms. The fourth-order valence-electron chi connectivity index (χ4n) is 3.68. The highest BCUT2D eigenvalue weighted by Crippen LogP contribution is 2.38. The summed E-state index contributed by atoms with van der Waals surface area (Å²) < 4.78 is 21.7. The highest BCUT2D eigenvalue weighted by molar-refractivity contribution is 5.92. The molecule has 2 aromatic carbocycles. The number of methoxy groups -OCH3 is 3.